The molecule has 0 atom stereocenters. The molecule has 7 heteroatoms. The van der Waals surface area contributed by atoms with Crippen molar-refractivity contribution in [1.29, 1.82) is 0 Å². The van der Waals surface area contributed by atoms with Crippen LogP contribution in [0.3, 0.4) is 0 Å². The van der Waals surface area contributed by atoms with E-state index in [1.807, 2.05) is 12.1 Å². The summed E-state index contributed by atoms with van der Waals surface area (Å²) in [6, 6.07) is 7.45. The molecule has 0 bridgehead atoms. The SMILES string of the molecule is COC(=O)CCC(=O)NNC(=O)COc1ccc(C(C)C)cc1. The zero-order valence-corrected chi connectivity index (χ0v) is 13.5. The molecular weight excluding hydrogens is 300 g/mol. The summed E-state index contributed by atoms with van der Waals surface area (Å²) >= 11 is 0. The number of hydrogen-bond donors (Lipinski definition) is 2. The topological polar surface area (TPSA) is 93.7 Å². The highest BCUT2D eigenvalue weighted by molar-refractivity contribution is 5.84. The van der Waals surface area contributed by atoms with Crippen molar-refractivity contribution in [2.24, 2.45) is 0 Å². The molecule has 0 aliphatic heterocycles. The van der Waals surface area contributed by atoms with E-state index in [2.05, 4.69) is 29.4 Å². The Morgan fingerprint density at radius 3 is 2.17 bits per heavy atom. The van der Waals surface area contributed by atoms with Gasteiger partial charge in [-0.25, -0.2) is 0 Å². The first-order valence-electron chi connectivity index (χ1n) is 7.29. The second-order valence-electron chi connectivity index (χ2n) is 5.18. The van der Waals surface area contributed by atoms with Crippen LogP contribution in [0.1, 0.15) is 38.2 Å². The molecule has 0 saturated carbocycles. The van der Waals surface area contributed by atoms with E-state index < -0.39 is 17.8 Å². The molecule has 0 fully saturated rings. The maximum atomic E-state index is 11.5. The highest BCUT2D eigenvalue weighted by atomic mass is 16.5. The van der Waals surface area contributed by atoms with Gasteiger partial charge in [-0.1, -0.05) is 26.0 Å². The van der Waals surface area contributed by atoms with Gasteiger partial charge in [0.25, 0.3) is 5.91 Å². The summed E-state index contributed by atoms with van der Waals surface area (Å²) in [6.07, 6.45) is -0.110. The second-order valence-corrected chi connectivity index (χ2v) is 5.18. The Balaban J connectivity index is 2.26. The van der Waals surface area contributed by atoms with Gasteiger partial charge in [-0.15, -0.1) is 0 Å². The first kappa shape index (κ1) is 18.5. The number of hydrogen-bond acceptors (Lipinski definition) is 5. The number of benzene rings is 1. The van der Waals surface area contributed by atoms with Gasteiger partial charge in [0.05, 0.1) is 13.5 Å². The fourth-order valence-corrected chi connectivity index (χ4v) is 1.65. The smallest absolute Gasteiger partial charge is 0.306 e. The van der Waals surface area contributed by atoms with Crippen molar-refractivity contribution in [2.75, 3.05) is 13.7 Å². The third-order valence-corrected chi connectivity index (χ3v) is 3.04. The minimum absolute atomic E-state index is 0.0447. The monoisotopic (exact) mass is 322 g/mol. The standard InChI is InChI=1S/C16H22N2O5/c1-11(2)12-4-6-13(7-5-12)23-10-15(20)18-17-14(19)8-9-16(21)22-3/h4-7,11H,8-10H2,1-3H3,(H,17,19)(H,18,20). The van der Waals surface area contributed by atoms with Crippen molar-refractivity contribution in [3.05, 3.63) is 29.8 Å². The first-order chi connectivity index (χ1) is 10.9. The number of nitrogens with one attached hydrogen (secondary N) is 2. The summed E-state index contributed by atoms with van der Waals surface area (Å²) in [4.78, 5) is 33.8. The number of hydrazine groups is 1. The molecule has 0 saturated heterocycles. The lowest BCUT2D eigenvalue weighted by molar-refractivity contribution is -0.142. The van der Waals surface area contributed by atoms with Gasteiger partial charge in [0.15, 0.2) is 6.61 Å². The summed E-state index contributed by atoms with van der Waals surface area (Å²) in [6.45, 7) is 3.96. The molecule has 1 rings (SSSR count). The van der Waals surface area contributed by atoms with Crippen molar-refractivity contribution in [1.82, 2.24) is 10.9 Å². The van der Waals surface area contributed by atoms with Crippen LogP contribution in [0.25, 0.3) is 0 Å². The molecule has 0 heterocycles. The van der Waals surface area contributed by atoms with Gasteiger partial charge in [0.2, 0.25) is 5.91 Å². The van der Waals surface area contributed by atoms with Crippen molar-refractivity contribution in [3.8, 4) is 5.75 Å². The van der Waals surface area contributed by atoms with Crippen LogP contribution >= 0.6 is 0 Å². The minimum atomic E-state index is -0.496. The van der Waals surface area contributed by atoms with Crippen LogP contribution in [0.15, 0.2) is 24.3 Å². The van der Waals surface area contributed by atoms with Crippen LogP contribution in [0.4, 0.5) is 0 Å². The Bertz CT molecular complexity index is 540. The van der Waals surface area contributed by atoms with Crippen LogP contribution in [0, 0.1) is 0 Å². The van der Waals surface area contributed by atoms with Gasteiger partial charge in [0.1, 0.15) is 5.75 Å². The maximum absolute atomic E-state index is 11.5. The maximum Gasteiger partial charge on any atom is 0.306 e. The van der Waals surface area contributed by atoms with Crippen LogP contribution in [0.2, 0.25) is 0 Å². The normalized spacial score (nSPS) is 10.1. The average molecular weight is 322 g/mol. The number of carbonyl (C=O) groups excluding carboxylic acids is 3. The molecular formula is C16H22N2O5. The molecule has 1 aromatic carbocycles. The molecule has 7 nitrogen and oxygen atoms in total. The minimum Gasteiger partial charge on any atom is -0.484 e. The summed E-state index contributed by atoms with van der Waals surface area (Å²) in [5, 5.41) is 0. The molecule has 126 valence electrons. The number of methoxy groups -OCH3 is 1. The van der Waals surface area contributed by atoms with Crippen molar-refractivity contribution >= 4 is 17.8 Å². The Hall–Kier alpha value is -2.57. The zero-order chi connectivity index (χ0) is 17.2. The summed E-state index contributed by atoms with van der Waals surface area (Å²) in [5.74, 6) is -0.469. The molecule has 0 spiro atoms. The molecule has 0 radical (unpaired) electrons. The van der Waals surface area contributed by atoms with E-state index in [1.165, 1.54) is 12.7 Å². The zero-order valence-electron chi connectivity index (χ0n) is 13.5. The lowest BCUT2D eigenvalue weighted by atomic mass is 10.0. The number of carbonyl (C=O) groups is 3. The quantitative estimate of drug-likeness (QED) is 0.583. The third kappa shape index (κ3) is 7.30. The van der Waals surface area contributed by atoms with E-state index in [0.29, 0.717) is 11.7 Å². The number of esters is 1. The predicted octanol–water partition coefficient (Wildman–Crippen LogP) is 1.29. The first-order valence-corrected chi connectivity index (χ1v) is 7.29. The van der Waals surface area contributed by atoms with Crippen molar-refractivity contribution in [2.45, 2.75) is 32.6 Å². The van der Waals surface area contributed by atoms with Gasteiger partial charge in [-0.05, 0) is 23.6 Å². The molecule has 0 aliphatic carbocycles. The highest BCUT2D eigenvalue weighted by Gasteiger charge is 2.08. The molecule has 0 unspecified atom stereocenters. The highest BCUT2D eigenvalue weighted by Crippen LogP contribution is 2.18. The van der Waals surface area contributed by atoms with Crippen LogP contribution in [0.5, 0.6) is 5.75 Å². The van der Waals surface area contributed by atoms with E-state index in [0.717, 1.165) is 0 Å². The van der Waals surface area contributed by atoms with Crippen LogP contribution in [-0.2, 0) is 19.1 Å². The average Bonchev–Trinajstić information content (AvgIpc) is 2.56. The fraction of sp³-hybridized carbons (Fsp3) is 0.438. The summed E-state index contributed by atoms with van der Waals surface area (Å²) < 4.78 is 9.72. The van der Waals surface area contributed by atoms with E-state index in [-0.39, 0.29) is 19.4 Å². The lowest BCUT2D eigenvalue weighted by Crippen LogP contribution is -2.43. The predicted molar refractivity (Wildman–Crippen MR) is 83.6 cm³/mol. The lowest BCUT2D eigenvalue weighted by Gasteiger charge is -2.10. The van der Waals surface area contributed by atoms with E-state index in [1.54, 1.807) is 12.1 Å². The van der Waals surface area contributed by atoms with Gasteiger partial charge >= 0.3 is 5.97 Å². The van der Waals surface area contributed by atoms with Crippen LogP contribution in [-0.4, -0.2) is 31.5 Å². The molecule has 2 amide bonds. The Kier molecular flexibility index (Phi) is 7.59. The summed E-state index contributed by atoms with van der Waals surface area (Å²) in [5.41, 5.74) is 5.58. The Morgan fingerprint density at radius 2 is 1.61 bits per heavy atom. The Labute approximate surface area is 135 Å². The van der Waals surface area contributed by atoms with E-state index in [9.17, 15) is 14.4 Å². The van der Waals surface area contributed by atoms with E-state index in [4.69, 9.17) is 4.74 Å². The second kappa shape index (κ2) is 9.45. The van der Waals surface area contributed by atoms with Gasteiger partial charge < -0.3 is 9.47 Å². The molecule has 0 aliphatic rings. The van der Waals surface area contributed by atoms with E-state index >= 15 is 0 Å². The number of amides is 2. The van der Waals surface area contributed by atoms with Gasteiger partial charge in [0, 0.05) is 6.42 Å². The molecule has 2 N–H and O–H groups in total. The van der Waals surface area contributed by atoms with Gasteiger partial charge in [-0.3, -0.25) is 25.2 Å². The molecule has 0 aromatic heterocycles. The van der Waals surface area contributed by atoms with Crippen molar-refractivity contribution < 1.29 is 23.9 Å². The number of rotatable bonds is 7. The Morgan fingerprint density at radius 1 is 1.00 bits per heavy atom. The van der Waals surface area contributed by atoms with Crippen molar-refractivity contribution in [3.63, 3.8) is 0 Å². The summed E-state index contributed by atoms with van der Waals surface area (Å²) in [7, 11) is 1.24. The molecule has 1 aromatic rings. The largest absolute Gasteiger partial charge is 0.484 e. The molecule has 23 heavy (non-hydrogen) atoms. The number of ether oxygens (including phenoxy) is 2. The fourth-order valence-electron chi connectivity index (χ4n) is 1.65. The third-order valence-electron chi connectivity index (χ3n) is 3.04. The van der Waals surface area contributed by atoms with Gasteiger partial charge in [-0.2, -0.15) is 0 Å². The van der Waals surface area contributed by atoms with Crippen LogP contribution < -0.4 is 15.6 Å².